The van der Waals surface area contributed by atoms with Crippen molar-refractivity contribution in [1.82, 2.24) is 0 Å². The average molecular weight is 122 g/mol. The van der Waals surface area contributed by atoms with Crippen molar-refractivity contribution in [3.63, 3.8) is 0 Å². The molecule has 0 fully saturated rings. The first-order chi connectivity index (χ1) is 4.30. The normalized spacial score (nSPS) is 14.7. The van der Waals surface area contributed by atoms with Crippen LogP contribution in [0.4, 0.5) is 0 Å². The number of aliphatic imine (C=N–C) groups is 1. The van der Waals surface area contributed by atoms with E-state index in [4.69, 9.17) is 10.0 Å². The van der Waals surface area contributed by atoms with Crippen molar-refractivity contribution in [2.24, 2.45) is 4.99 Å². The Bertz CT molecular complexity index is 183. The zero-order valence-electron chi connectivity index (χ0n) is 4.65. The molecule has 0 atom stereocenters. The number of nitrogens with zero attached hydrogens (tertiary/aromatic N) is 1. The van der Waals surface area contributed by atoms with Crippen molar-refractivity contribution in [1.29, 1.82) is 0 Å². The summed E-state index contributed by atoms with van der Waals surface area (Å²) in [6.07, 6.45) is 6.86. The molecule has 0 amide bonds. The minimum Gasteiger partial charge on any atom is -0.411 e. The molecule has 1 aliphatic rings. The van der Waals surface area contributed by atoms with Gasteiger partial charge in [-0.2, -0.15) is 0 Å². The van der Waals surface area contributed by atoms with Crippen molar-refractivity contribution in [2.75, 3.05) is 0 Å². The predicted octanol–water partition coefficient (Wildman–Crippen LogP) is -0.600. The van der Waals surface area contributed by atoms with Crippen LogP contribution in [0.5, 0.6) is 0 Å². The van der Waals surface area contributed by atoms with E-state index in [1.165, 1.54) is 18.4 Å². The van der Waals surface area contributed by atoms with Crippen molar-refractivity contribution in [2.45, 2.75) is 0 Å². The van der Waals surface area contributed by atoms with Gasteiger partial charge < -0.3 is 10.0 Å². The molecule has 0 spiro atoms. The van der Waals surface area contributed by atoms with Gasteiger partial charge in [0, 0.05) is 0 Å². The fourth-order valence-electron chi connectivity index (χ4n) is 0.487. The van der Waals surface area contributed by atoms with Gasteiger partial charge in [-0.25, -0.2) is 0 Å². The maximum absolute atomic E-state index is 8.53. The van der Waals surface area contributed by atoms with Gasteiger partial charge in [0.2, 0.25) is 0 Å². The van der Waals surface area contributed by atoms with Crippen molar-refractivity contribution in [3.8, 4) is 0 Å². The minimum absolute atomic E-state index is 0.407. The van der Waals surface area contributed by atoms with Crippen LogP contribution in [0, 0.1) is 0 Å². The van der Waals surface area contributed by atoms with Gasteiger partial charge in [-0.3, -0.25) is 0 Å². The van der Waals surface area contributed by atoms with E-state index in [9.17, 15) is 0 Å². The van der Waals surface area contributed by atoms with Gasteiger partial charge in [0.05, 0.1) is 11.5 Å². The number of allylic oxidation sites excluding steroid dienone is 3. The number of rotatable bonds is 1. The molecule has 0 unspecified atom stereocenters. The monoisotopic (exact) mass is 122 g/mol. The molecule has 0 bridgehead atoms. The van der Waals surface area contributed by atoms with Gasteiger partial charge in [0.1, 0.15) is 12.3 Å². The third kappa shape index (κ3) is 1.47. The Hall–Kier alpha value is -0.955. The zero-order valence-corrected chi connectivity index (χ0v) is 4.65. The lowest BCUT2D eigenvalue weighted by Gasteiger charge is -1.88. The van der Waals surface area contributed by atoms with Crippen LogP contribution in [-0.4, -0.2) is 23.4 Å². The molecule has 0 saturated carbocycles. The standard InChI is InChI=1S/C5H5BNO2/c8-6(9)5-1-3-7-4-2-5/h1-3,8-9H/q+1. The Morgan fingerprint density at radius 3 is 2.67 bits per heavy atom. The summed E-state index contributed by atoms with van der Waals surface area (Å²) in [4.78, 5) is 3.58. The van der Waals surface area contributed by atoms with E-state index in [0.29, 0.717) is 5.47 Å². The molecular weight excluding hydrogens is 117 g/mol. The van der Waals surface area contributed by atoms with E-state index in [2.05, 4.69) is 11.2 Å². The second-order valence-corrected chi connectivity index (χ2v) is 1.59. The Kier molecular flexibility index (Phi) is 1.75. The number of hydrogen-bond donors (Lipinski definition) is 2. The summed E-state index contributed by atoms with van der Waals surface area (Å²) in [5, 5.41) is 17.1. The van der Waals surface area contributed by atoms with Crippen molar-refractivity contribution in [3.05, 3.63) is 23.8 Å². The molecular formula is C5H5BNO2+. The van der Waals surface area contributed by atoms with E-state index in [1.54, 1.807) is 0 Å². The molecule has 0 saturated heterocycles. The summed E-state index contributed by atoms with van der Waals surface area (Å²) in [7, 11) is -1.41. The molecule has 4 heteroatoms. The third-order valence-corrected chi connectivity index (χ3v) is 0.945. The summed E-state index contributed by atoms with van der Waals surface area (Å²) < 4.78 is 0. The quantitative estimate of drug-likeness (QED) is 0.360. The van der Waals surface area contributed by atoms with Gasteiger partial charge in [-0.05, 0) is 0 Å². The Balaban J connectivity index is 2.72. The first kappa shape index (κ1) is 6.17. The van der Waals surface area contributed by atoms with Crippen LogP contribution in [0.25, 0.3) is 0 Å². The lowest BCUT2D eigenvalue weighted by molar-refractivity contribution is 0.420. The van der Waals surface area contributed by atoms with Crippen LogP contribution in [0.1, 0.15) is 0 Å². The van der Waals surface area contributed by atoms with Gasteiger partial charge in [-0.1, -0.05) is 4.99 Å². The summed E-state index contributed by atoms with van der Waals surface area (Å²) in [5.74, 6) is 0. The molecule has 1 heterocycles. The SMILES string of the molecule is OB(O)C1=C[C+]=NC=C1. The maximum Gasteiger partial charge on any atom is 0.569 e. The van der Waals surface area contributed by atoms with Gasteiger partial charge >= 0.3 is 7.12 Å². The fraction of sp³-hybridized carbons (Fsp3) is 0. The second-order valence-electron chi connectivity index (χ2n) is 1.59. The zero-order chi connectivity index (χ0) is 6.69. The molecule has 0 aromatic heterocycles. The van der Waals surface area contributed by atoms with E-state index < -0.39 is 7.12 Å². The lowest BCUT2D eigenvalue weighted by atomic mass is 9.79. The highest BCUT2D eigenvalue weighted by Gasteiger charge is 2.19. The fourth-order valence-corrected chi connectivity index (χ4v) is 0.487. The van der Waals surface area contributed by atoms with Gasteiger partial charge in [0.15, 0.2) is 6.21 Å². The van der Waals surface area contributed by atoms with Crippen molar-refractivity contribution >= 4 is 13.3 Å². The Morgan fingerprint density at radius 2 is 2.33 bits per heavy atom. The molecule has 0 aliphatic carbocycles. The highest BCUT2D eigenvalue weighted by Crippen LogP contribution is 2.00. The highest BCUT2D eigenvalue weighted by atomic mass is 16.4. The second kappa shape index (κ2) is 2.55. The molecule has 0 radical (unpaired) electrons. The summed E-state index contributed by atoms with van der Waals surface area (Å²) in [5.41, 5.74) is 0.407. The molecule has 1 aliphatic heterocycles. The van der Waals surface area contributed by atoms with Gasteiger partial charge in [0.25, 0.3) is 0 Å². The van der Waals surface area contributed by atoms with Crippen LogP contribution in [0.2, 0.25) is 0 Å². The predicted molar refractivity (Wildman–Crippen MR) is 34.8 cm³/mol. The molecule has 0 aromatic rings. The molecule has 3 nitrogen and oxygen atoms in total. The lowest BCUT2D eigenvalue weighted by Crippen LogP contribution is -2.14. The minimum atomic E-state index is -1.41. The molecule has 9 heavy (non-hydrogen) atoms. The largest absolute Gasteiger partial charge is 0.569 e. The van der Waals surface area contributed by atoms with Crippen LogP contribution in [0.3, 0.4) is 0 Å². The Morgan fingerprint density at radius 1 is 1.56 bits per heavy atom. The summed E-state index contributed by atoms with van der Waals surface area (Å²) >= 11 is 0. The van der Waals surface area contributed by atoms with Gasteiger partial charge in [-0.15, -0.1) is 0 Å². The van der Waals surface area contributed by atoms with Crippen LogP contribution in [-0.2, 0) is 0 Å². The van der Waals surface area contributed by atoms with Crippen LogP contribution < -0.4 is 0 Å². The first-order valence-corrected chi connectivity index (χ1v) is 2.49. The average Bonchev–Trinajstić information content (AvgIpc) is 1.90. The van der Waals surface area contributed by atoms with E-state index >= 15 is 0 Å². The van der Waals surface area contributed by atoms with Crippen molar-refractivity contribution < 1.29 is 10.0 Å². The Labute approximate surface area is 53.2 Å². The van der Waals surface area contributed by atoms with Crippen LogP contribution in [0.15, 0.2) is 28.8 Å². The summed E-state index contributed by atoms with van der Waals surface area (Å²) in [6, 6.07) is 0. The summed E-state index contributed by atoms with van der Waals surface area (Å²) in [6.45, 7) is 0. The topological polar surface area (TPSA) is 52.8 Å². The van der Waals surface area contributed by atoms with E-state index in [0.717, 1.165) is 0 Å². The highest BCUT2D eigenvalue weighted by molar-refractivity contribution is 6.52. The van der Waals surface area contributed by atoms with Crippen LogP contribution >= 0.6 is 0 Å². The first-order valence-electron chi connectivity index (χ1n) is 2.49. The van der Waals surface area contributed by atoms with E-state index in [1.807, 2.05) is 0 Å². The molecule has 1 rings (SSSR count). The molecule has 44 valence electrons. The van der Waals surface area contributed by atoms with E-state index in [-0.39, 0.29) is 0 Å². The molecule has 0 aromatic carbocycles. The number of hydrogen-bond acceptors (Lipinski definition) is 3. The smallest absolute Gasteiger partial charge is 0.411 e. The third-order valence-electron chi connectivity index (χ3n) is 0.945. The molecule has 2 N–H and O–H groups in total. The maximum atomic E-state index is 8.53.